The second-order valence-electron chi connectivity index (χ2n) is 26.1. The molecule has 111 heavy (non-hydrogen) atoms. The number of nitriles is 2. The third-order valence-electron chi connectivity index (χ3n) is 17.4. The lowest BCUT2D eigenvalue weighted by Crippen LogP contribution is -2.48. The smallest absolute Gasteiger partial charge is 0.229 e. The van der Waals surface area contributed by atoms with Crippen LogP contribution in [0.1, 0.15) is 32.1 Å². The van der Waals surface area contributed by atoms with Gasteiger partial charge in [-0.2, -0.15) is 41.3 Å². The van der Waals surface area contributed by atoms with Crippen molar-refractivity contribution in [2.75, 3.05) is 263 Å². The van der Waals surface area contributed by atoms with Crippen LogP contribution in [0.15, 0.2) is 86.2 Å². The van der Waals surface area contributed by atoms with Crippen LogP contribution in [0.3, 0.4) is 0 Å². The van der Waals surface area contributed by atoms with Gasteiger partial charge in [-0.05, 0) is 101 Å². The van der Waals surface area contributed by atoms with Crippen molar-refractivity contribution in [2.45, 2.75) is 32.1 Å². The number of aromatic nitrogens is 4. The van der Waals surface area contributed by atoms with E-state index in [9.17, 15) is 50.5 Å². The van der Waals surface area contributed by atoms with Crippen LogP contribution in [0.2, 0.25) is 15.2 Å². The molecule has 0 bridgehead atoms. The number of halogens is 3. The number of rotatable bonds is 25. The van der Waals surface area contributed by atoms with E-state index < -0.39 is 60.1 Å². The summed E-state index contributed by atoms with van der Waals surface area (Å²) < 4.78 is 143. The van der Waals surface area contributed by atoms with Crippen molar-refractivity contribution < 1.29 is 50.5 Å². The normalized spacial score (nSPS) is 18.1. The minimum Gasteiger partial charge on any atom is -0.370 e. The number of benzene rings is 2. The fourth-order valence-corrected chi connectivity index (χ4v) is 16.8. The first-order chi connectivity index (χ1) is 52.4. The summed E-state index contributed by atoms with van der Waals surface area (Å²) in [5.74, 6) is 1.70. The zero-order chi connectivity index (χ0) is 82.7. The Morgan fingerprint density at radius 1 is 0.423 bits per heavy atom. The third-order valence-corrected chi connectivity index (χ3v) is 25.9. The zero-order valence-electron chi connectivity index (χ0n) is 64.7. The molecule has 628 valence electrons. The number of anilines is 5. The molecule has 10 rings (SSSR count). The van der Waals surface area contributed by atoms with Crippen molar-refractivity contribution in [2.24, 2.45) is 11.5 Å². The highest BCUT2D eigenvalue weighted by molar-refractivity contribution is 7.89. The molecule has 0 unspecified atom stereocenters. The van der Waals surface area contributed by atoms with Crippen LogP contribution in [0, 0.1) is 22.7 Å². The van der Waals surface area contributed by atoms with Gasteiger partial charge in [0.1, 0.15) is 11.0 Å². The fourth-order valence-electron chi connectivity index (χ4n) is 11.3. The van der Waals surface area contributed by atoms with Crippen LogP contribution < -0.4 is 32.7 Å². The van der Waals surface area contributed by atoms with Crippen LogP contribution in [0.25, 0.3) is 0 Å². The molecule has 0 atom stereocenters. The second kappa shape index (κ2) is 52.3. The van der Waals surface area contributed by atoms with Gasteiger partial charge in [0.05, 0.1) is 49.7 Å². The van der Waals surface area contributed by atoms with Crippen molar-refractivity contribution in [1.29, 1.82) is 10.5 Å². The molecule has 4 aromatic rings. The maximum absolute atomic E-state index is 11.5. The summed E-state index contributed by atoms with van der Waals surface area (Å²) in [7, 11) is -18.0. The number of nitrogens with zero attached hydrogens (tertiary/aromatic N) is 17. The summed E-state index contributed by atoms with van der Waals surface area (Å²) >= 11 is 17.6. The lowest BCUT2D eigenvalue weighted by Gasteiger charge is -2.33. The lowest BCUT2D eigenvalue weighted by molar-refractivity contribution is 0.188. The molecule has 8 N–H and O–H groups in total. The molecule has 0 amide bonds. The molecule has 0 aliphatic carbocycles. The monoisotopic (exact) mass is 1730 g/mol. The standard InChI is InChI=1S/C18H25ClN6O2S.C10H7Cl2N3.2C8H19N3O2S.2C8H15N3O2S.C5H12N2O2S.C2H4/c1-28(26,27)25-12-10-24(11-13-25)9-3-7-20-17-6-8-21-18(23-17)22-16-5-2-4-15(19)14-16;11-7-2-1-3-8(6-7)14-10-13-5-4-9(12)15-10;4*1-14(12,13)11-7-5-10(6-8-11)4-2-3-9;1-10(8,9)7-4-2-6-3-5-7;1-2/h2,4-6,8,14H,3,7,9-13H2,1H3,(H2,20,21,22,23);1-6H,(H,13,14,15);2*2-9H2,1H3;2*2,4-8H2,1H3;6H,2-5H2,1H3;1-2H2. The van der Waals surface area contributed by atoms with E-state index in [0.29, 0.717) is 132 Å². The fraction of sp³-hybridized carbons (Fsp3) is 0.642. The third kappa shape index (κ3) is 43.3. The summed E-state index contributed by atoms with van der Waals surface area (Å²) in [6.07, 6.45) is 14.7. The topological polar surface area (TPSA) is 440 Å². The molecule has 2 aromatic carbocycles. The Morgan fingerprint density at radius 2 is 0.721 bits per heavy atom. The molecular weight excluding hydrogens is 1620 g/mol. The molecule has 0 radical (unpaired) electrons. The number of nitrogens with two attached hydrogens (primary N) is 2. The number of nitrogens with one attached hydrogen (secondary N) is 4. The van der Waals surface area contributed by atoms with Gasteiger partial charge in [-0.15, -0.1) is 13.2 Å². The maximum Gasteiger partial charge on any atom is 0.229 e. The summed E-state index contributed by atoms with van der Waals surface area (Å²) in [5.41, 5.74) is 12.5. The Bertz CT molecular complexity index is 3980. The van der Waals surface area contributed by atoms with Crippen molar-refractivity contribution >= 4 is 124 Å². The van der Waals surface area contributed by atoms with Gasteiger partial charge < -0.3 is 47.4 Å². The molecule has 6 saturated heterocycles. The van der Waals surface area contributed by atoms with Crippen molar-refractivity contribution in [3.63, 3.8) is 0 Å². The van der Waals surface area contributed by atoms with Gasteiger partial charge in [-0.3, -0.25) is 9.80 Å². The van der Waals surface area contributed by atoms with E-state index >= 15 is 0 Å². The SMILES string of the molecule is C=C.CS(=O)(=O)N1CCN(CCC#N)CC1.CS(=O)(=O)N1CCN(CCC#N)CC1.CS(=O)(=O)N1CCN(CCCN)CC1.CS(=O)(=O)N1CCN(CCCN)CC1.CS(=O)(=O)N1CCN(CCCNc2ccnc(Nc3cccc(Cl)c3)n2)CC1.CS(=O)(=O)N1CCNCC1.Clc1cccc(Nc2nccc(Cl)n2)c1. The van der Waals surface area contributed by atoms with E-state index in [1.165, 1.54) is 63.4 Å². The first-order valence-electron chi connectivity index (χ1n) is 36.2. The van der Waals surface area contributed by atoms with Gasteiger partial charge >= 0.3 is 0 Å². The van der Waals surface area contributed by atoms with Gasteiger partial charge in [0, 0.05) is 223 Å². The molecule has 6 fully saturated rings. The first kappa shape index (κ1) is 99.9. The predicted octanol–water partition coefficient (Wildman–Crippen LogP) is 2.21. The van der Waals surface area contributed by atoms with E-state index in [1.54, 1.807) is 30.6 Å². The van der Waals surface area contributed by atoms with Gasteiger partial charge in [0.25, 0.3) is 0 Å². The minimum atomic E-state index is -3.07. The maximum atomic E-state index is 11.5. The summed E-state index contributed by atoms with van der Waals surface area (Å²) in [6.45, 7) is 28.9. The average molecular weight is 1730 g/mol. The lowest BCUT2D eigenvalue weighted by atomic mass is 10.3. The molecule has 8 heterocycles. The zero-order valence-corrected chi connectivity index (χ0v) is 71.9. The molecule has 44 heteroatoms. The Labute approximate surface area is 675 Å². The predicted molar refractivity (Wildman–Crippen MR) is 444 cm³/mol. The number of hydrogen-bond donors (Lipinski definition) is 6. The second-order valence-corrected chi connectivity index (χ2v) is 39.2. The van der Waals surface area contributed by atoms with Gasteiger partial charge in [-0.25, -0.2) is 65.5 Å². The molecular formula is C67H116Cl3N23O12S6. The van der Waals surface area contributed by atoms with Crippen molar-refractivity contribution in [1.82, 2.24) is 75.6 Å². The molecule has 0 spiro atoms. The van der Waals surface area contributed by atoms with E-state index in [4.69, 9.17) is 56.8 Å². The summed E-state index contributed by atoms with van der Waals surface area (Å²) in [4.78, 5) is 27.7. The number of hydrogen-bond acceptors (Lipinski definition) is 29. The minimum absolute atomic E-state index is 0.398. The number of sulfonamides is 6. The molecule has 0 saturated carbocycles. The highest BCUT2D eigenvalue weighted by atomic mass is 35.5. The van der Waals surface area contributed by atoms with Gasteiger partial charge in [0.15, 0.2) is 0 Å². The highest BCUT2D eigenvalue weighted by Gasteiger charge is 2.28. The first-order valence-corrected chi connectivity index (χ1v) is 48.4. The van der Waals surface area contributed by atoms with Crippen LogP contribution >= 0.6 is 34.8 Å². The van der Waals surface area contributed by atoms with Gasteiger partial charge in [-0.1, -0.05) is 46.9 Å². The van der Waals surface area contributed by atoms with Gasteiger partial charge in [0.2, 0.25) is 72.0 Å². The quantitative estimate of drug-likeness (QED) is 0.0315. The van der Waals surface area contributed by atoms with Crippen molar-refractivity contribution in [3.8, 4) is 12.1 Å². The molecule has 2 aromatic heterocycles. The number of piperazine rings is 6. The average Bonchev–Trinajstić information content (AvgIpc) is 0.874. The molecule has 6 aliphatic heterocycles. The van der Waals surface area contributed by atoms with E-state index in [0.717, 1.165) is 154 Å². The Hall–Kier alpha value is -5.27. The molecule has 6 aliphatic rings. The Balaban J connectivity index is 0.000000343. The van der Waals surface area contributed by atoms with E-state index in [-0.39, 0.29) is 0 Å². The van der Waals surface area contributed by atoms with Crippen LogP contribution in [-0.4, -0.2) is 368 Å². The van der Waals surface area contributed by atoms with Crippen molar-refractivity contribution in [3.05, 3.63) is 101 Å². The Kier molecular flexibility index (Phi) is 47.1. The van der Waals surface area contributed by atoms with Crippen LogP contribution in [0.4, 0.5) is 29.1 Å². The molecule has 35 nitrogen and oxygen atoms in total. The van der Waals surface area contributed by atoms with E-state index in [2.05, 4.69) is 91.0 Å². The Morgan fingerprint density at radius 3 is 1.01 bits per heavy atom. The van der Waals surface area contributed by atoms with Crippen LogP contribution in [0.5, 0.6) is 0 Å². The van der Waals surface area contributed by atoms with E-state index in [1.807, 2.05) is 42.5 Å². The summed E-state index contributed by atoms with van der Waals surface area (Å²) in [6, 6.07) is 22.3. The highest BCUT2D eigenvalue weighted by Crippen LogP contribution is 2.21. The summed E-state index contributed by atoms with van der Waals surface area (Å²) in [5, 5.41) is 31.0. The largest absolute Gasteiger partial charge is 0.370 e. The van der Waals surface area contributed by atoms with Crippen LogP contribution in [-0.2, 0) is 60.1 Å².